The van der Waals surface area contributed by atoms with Crippen LogP contribution in [-0.2, 0) is 0 Å². The highest BCUT2D eigenvalue weighted by Crippen LogP contribution is 2.35. The maximum absolute atomic E-state index is 5.53. The number of fused-ring (bicyclic) bond motifs is 1. The Bertz CT molecular complexity index is 936. The quantitative estimate of drug-likeness (QED) is 0.477. The van der Waals surface area contributed by atoms with E-state index in [1.807, 2.05) is 53.1 Å². The van der Waals surface area contributed by atoms with Crippen molar-refractivity contribution in [2.75, 3.05) is 0 Å². The van der Waals surface area contributed by atoms with E-state index in [9.17, 15) is 0 Å². The summed E-state index contributed by atoms with van der Waals surface area (Å²) in [4.78, 5) is 6.63. The van der Waals surface area contributed by atoms with E-state index in [-0.39, 0.29) is 0 Å². The summed E-state index contributed by atoms with van der Waals surface area (Å²) in [6, 6.07) is 13.4. The third kappa shape index (κ3) is 2.23. The highest BCUT2D eigenvalue weighted by atomic mass is 32.1. The lowest BCUT2D eigenvalue weighted by molar-refractivity contribution is 0.579. The molecule has 0 bridgehead atoms. The van der Waals surface area contributed by atoms with Gasteiger partial charge in [0.1, 0.15) is 5.69 Å². The Labute approximate surface area is 130 Å². The van der Waals surface area contributed by atoms with Gasteiger partial charge in [-0.2, -0.15) is 4.98 Å². The predicted molar refractivity (Wildman–Crippen MR) is 86.1 cm³/mol. The first-order chi connectivity index (χ1) is 10.8. The van der Waals surface area contributed by atoms with Crippen LogP contribution in [0.4, 0.5) is 11.5 Å². The van der Waals surface area contributed by atoms with Crippen molar-refractivity contribution in [3.8, 4) is 11.5 Å². The minimum Gasteiger partial charge on any atom is -0.463 e. The molecule has 0 aliphatic rings. The number of imidazole rings is 1. The van der Waals surface area contributed by atoms with Crippen LogP contribution in [0.3, 0.4) is 0 Å². The molecular formula is C16H12N4OS. The van der Waals surface area contributed by atoms with Gasteiger partial charge in [-0.1, -0.05) is 18.2 Å². The maximum atomic E-state index is 5.53. The Kier molecular flexibility index (Phi) is 3.08. The number of benzene rings is 1. The first-order valence-electron chi connectivity index (χ1n) is 6.80. The van der Waals surface area contributed by atoms with Gasteiger partial charge in [-0.15, -0.1) is 21.6 Å². The van der Waals surface area contributed by atoms with Crippen molar-refractivity contribution in [1.82, 2.24) is 9.38 Å². The molecule has 22 heavy (non-hydrogen) atoms. The zero-order chi connectivity index (χ0) is 14.9. The lowest BCUT2D eigenvalue weighted by Crippen LogP contribution is -1.81. The van der Waals surface area contributed by atoms with Crippen LogP contribution in [0.5, 0.6) is 0 Å². The molecule has 0 fully saturated rings. The van der Waals surface area contributed by atoms with E-state index in [0.717, 1.165) is 22.1 Å². The molecule has 0 atom stereocenters. The van der Waals surface area contributed by atoms with Gasteiger partial charge in [-0.05, 0) is 31.2 Å². The van der Waals surface area contributed by atoms with Crippen LogP contribution in [0.25, 0.3) is 16.4 Å². The van der Waals surface area contributed by atoms with Crippen LogP contribution in [0.1, 0.15) is 4.88 Å². The van der Waals surface area contributed by atoms with Gasteiger partial charge in [0.2, 0.25) is 5.82 Å². The number of nitrogens with zero attached hydrogens (tertiary/aromatic N) is 4. The Morgan fingerprint density at radius 1 is 1.09 bits per heavy atom. The molecule has 0 radical (unpaired) electrons. The maximum Gasteiger partial charge on any atom is 0.205 e. The summed E-state index contributed by atoms with van der Waals surface area (Å²) >= 11 is 1.61. The third-order valence-corrected chi connectivity index (χ3v) is 4.09. The zero-order valence-corrected chi connectivity index (χ0v) is 12.6. The molecule has 3 aromatic heterocycles. The number of azo groups is 1. The van der Waals surface area contributed by atoms with Gasteiger partial charge in [-0.3, -0.25) is 4.40 Å². The molecule has 5 nitrogen and oxygen atoms in total. The number of hydrogen-bond donors (Lipinski definition) is 0. The van der Waals surface area contributed by atoms with Crippen LogP contribution in [0.2, 0.25) is 0 Å². The van der Waals surface area contributed by atoms with Gasteiger partial charge in [0, 0.05) is 11.1 Å². The van der Waals surface area contributed by atoms with E-state index in [4.69, 9.17) is 4.42 Å². The first kappa shape index (κ1) is 13.0. The molecule has 0 aliphatic carbocycles. The molecule has 108 valence electrons. The van der Waals surface area contributed by atoms with Crippen LogP contribution >= 0.6 is 11.3 Å². The molecule has 3 heterocycles. The highest BCUT2D eigenvalue weighted by molar-refractivity contribution is 7.17. The average molecular weight is 308 g/mol. The molecule has 0 spiro atoms. The van der Waals surface area contributed by atoms with Crippen molar-refractivity contribution in [1.29, 1.82) is 0 Å². The number of furan rings is 1. The fourth-order valence-corrected chi connectivity index (χ4v) is 3.08. The monoisotopic (exact) mass is 308 g/mol. The topological polar surface area (TPSA) is 55.2 Å². The number of aromatic nitrogens is 2. The van der Waals surface area contributed by atoms with Gasteiger partial charge < -0.3 is 4.42 Å². The smallest absolute Gasteiger partial charge is 0.205 e. The second-order valence-corrected chi connectivity index (χ2v) is 6.00. The standard InChI is InChI=1S/C16H12N4OS/c1-11-10-20-14(13-8-5-9-21-13)15(17-16(20)22-11)19-18-12-6-3-2-4-7-12/h2-10H,1H3. The van der Waals surface area contributed by atoms with E-state index >= 15 is 0 Å². The molecule has 0 saturated carbocycles. The Hall–Kier alpha value is -2.73. The van der Waals surface area contributed by atoms with Crippen LogP contribution in [-0.4, -0.2) is 9.38 Å². The van der Waals surface area contributed by atoms with Crippen molar-refractivity contribution in [2.45, 2.75) is 6.92 Å². The zero-order valence-electron chi connectivity index (χ0n) is 11.8. The molecule has 6 heteroatoms. The molecule has 0 amide bonds. The molecule has 4 aromatic rings. The minimum absolute atomic E-state index is 0.560. The molecular weight excluding hydrogens is 296 g/mol. The van der Waals surface area contributed by atoms with Gasteiger partial charge in [-0.25, -0.2) is 0 Å². The fourth-order valence-electron chi connectivity index (χ4n) is 2.26. The minimum atomic E-state index is 0.560. The highest BCUT2D eigenvalue weighted by Gasteiger charge is 2.18. The SMILES string of the molecule is Cc1cn2c(-c3ccco3)c(N=Nc3ccccc3)nc2s1. The summed E-state index contributed by atoms with van der Waals surface area (Å²) in [7, 11) is 0. The van der Waals surface area contributed by atoms with Crippen molar-refractivity contribution in [3.05, 3.63) is 59.8 Å². The molecule has 0 aliphatic heterocycles. The summed E-state index contributed by atoms with van der Waals surface area (Å²) in [6.45, 7) is 2.05. The molecule has 0 saturated heterocycles. The van der Waals surface area contributed by atoms with Crippen LogP contribution in [0, 0.1) is 6.92 Å². The first-order valence-corrected chi connectivity index (χ1v) is 7.62. The fraction of sp³-hybridized carbons (Fsp3) is 0.0625. The van der Waals surface area contributed by atoms with Gasteiger partial charge in [0.25, 0.3) is 0 Å². The number of rotatable bonds is 3. The van der Waals surface area contributed by atoms with Gasteiger partial charge >= 0.3 is 0 Å². The Balaban J connectivity index is 1.85. The molecule has 0 N–H and O–H groups in total. The largest absolute Gasteiger partial charge is 0.463 e. The summed E-state index contributed by atoms with van der Waals surface area (Å²) in [5.41, 5.74) is 1.62. The van der Waals surface area contributed by atoms with E-state index in [2.05, 4.69) is 22.1 Å². The van der Waals surface area contributed by atoms with Crippen molar-refractivity contribution in [3.63, 3.8) is 0 Å². The second-order valence-electron chi connectivity index (χ2n) is 4.79. The lowest BCUT2D eigenvalue weighted by Gasteiger charge is -1.96. The number of aryl methyl sites for hydroxylation is 1. The normalized spacial score (nSPS) is 11.7. The second kappa shape index (κ2) is 5.23. The van der Waals surface area contributed by atoms with Crippen molar-refractivity contribution in [2.24, 2.45) is 10.2 Å². The average Bonchev–Trinajstić information content (AvgIpc) is 3.21. The lowest BCUT2D eigenvalue weighted by atomic mass is 10.3. The van der Waals surface area contributed by atoms with E-state index < -0.39 is 0 Å². The Morgan fingerprint density at radius 3 is 2.73 bits per heavy atom. The summed E-state index contributed by atoms with van der Waals surface area (Å²) in [5.74, 6) is 1.29. The van der Waals surface area contributed by atoms with Crippen molar-refractivity contribution < 1.29 is 4.42 Å². The number of hydrogen-bond acceptors (Lipinski definition) is 5. The van der Waals surface area contributed by atoms with E-state index in [1.54, 1.807) is 17.6 Å². The van der Waals surface area contributed by atoms with E-state index in [0.29, 0.717) is 5.82 Å². The number of thiazole rings is 1. The molecule has 4 rings (SSSR count). The summed E-state index contributed by atoms with van der Waals surface area (Å²) in [5, 5.41) is 8.57. The van der Waals surface area contributed by atoms with Crippen LogP contribution in [0.15, 0.2) is 69.6 Å². The van der Waals surface area contributed by atoms with Gasteiger partial charge in [0.15, 0.2) is 10.7 Å². The van der Waals surface area contributed by atoms with E-state index in [1.165, 1.54) is 4.88 Å². The Morgan fingerprint density at radius 2 is 1.95 bits per heavy atom. The van der Waals surface area contributed by atoms with Crippen LogP contribution < -0.4 is 0 Å². The van der Waals surface area contributed by atoms with Gasteiger partial charge in [0.05, 0.1) is 12.0 Å². The summed E-state index contributed by atoms with van der Waals surface area (Å²) in [6.07, 6.45) is 3.68. The predicted octanol–water partition coefficient (Wildman–Crippen LogP) is 5.38. The molecule has 0 unspecified atom stereocenters. The van der Waals surface area contributed by atoms with Crippen molar-refractivity contribution >= 4 is 27.8 Å². The third-order valence-electron chi connectivity index (χ3n) is 3.19. The molecule has 1 aromatic carbocycles. The summed E-state index contributed by atoms with van der Waals surface area (Å²) < 4.78 is 7.53.